The van der Waals surface area contributed by atoms with Crippen molar-refractivity contribution in [2.45, 2.75) is 284 Å². The third-order valence-corrected chi connectivity index (χ3v) is 27.3. The Labute approximate surface area is 775 Å². The largest absolute Gasteiger partial charge is 0.509 e. The average molecular weight is 1870 g/mol. The summed E-state index contributed by atoms with van der Waals surface area (Å²) in [6.45, 7) is 19.5. The number of nitrogens with two attached hydrogens (primary N) is 2. The molecule has 36 heteroatoms. The number of anilines is 1. The standard InChI is InChI=1S/C95H139N11O23S2/c1-54-22-16-15-17-23-56(3)79(123-12)49-70-34-27-62(9)95(122,129-70)86(113)90(117)106-38-19-18-25-74(106)92(120)127-80(58(5)45-65-28-36-76(109)81(48-65)124-13)50-77(110)57(4)44-60(7)84(85(125-14)83(112)59(6)42-54)128-94(121)126-39-41-131-130-40-21-26-75(108)64(11)103-87(114)61(8)46-78(111)71(24-20-37-98-93(96)97)100-51-55(2)43-69(107)33-35-72(91(118)119)105-88(115)66-29-31-67(32-30-66)99-52-68-53-101-73-47-63(10)102-89(116)82(73)104-68/h15-17,22-23,29-32,44,47,53-55,57-59,61-62,64-65,70-72,74,76,79-81,84-85,99-100,109,122H,18-21,24-28,33-43,45-46,48-52H2,1-14H3,(H,102,116)(H,103,114)(H,105,115)(H,118,119)(H4,96,97,98)/b17-15+,22-16+,56-23+,60-44+/t54-,55-,57-,58-,59-,61-,62-,64+,65+,70+,71+,72+,74+,76-,79+,80+,81-,84-,85+,95-/m1/s1. The highest BCUT2D eigenvalue weighted by Gasteiger charge is 2.53. The van der Waals surface area contributed by atoms with Gasteiger partial charge in [0.05, 0.1) is 60.5 Å². The number of guanidine groups is 1. The van der Waals surface area contributed by atoms with E-state index in [9.17, 15) is 77.6 Å². The first-order valence-electron chi connectivity index (χ1n) is 45.7. The molecule has 2 saturated heterocycles. The van der Waals surface area contributed by atoms with Crippen LogP contribution < -0.4 is 38.3 Å². The molecule has 3 amide bonds. The van der Waals surface area contributed by atoms with Gasteiger partial charge in [0.1, 0.15) is 36.4 Å². The molecule has 20 atom stereocenters. The second kappa shape index (κ2) is 54.1. The van der Waals surface area contributed by atoms with Gasteiger partial charge in [-0.25, -0.2) is 19.4 Å². The number of Topliss-reactive ketones (excluding diaryl/α,β-unsaturated/α-hetero) is 6. The van der Waals surface area contributed by atoms with Gasteiger partial charge in [-0.3, -0.25) is 57.9 Å². The second-order valence-electron chi connectivity index (χ2n) is 35.8. The number of aromatic nitrogens is 3. The number of amides is 3. The molecule has 0 radical (unpaired) electrons. The monoisotopic (exact) mass is 1870 g/mol. The van der Waals surface area contributed by atoms with Crippen molar-refractivity contribution in [3.05, 3.63) is 111 Å². The van der Waals surface area contributed by atoms with Crippen LogP contribution in [0, 0.1) is 54.3 Å². The van der Waals surface area contributed by atoms with E-state index in [4.69, 9.17) is 44.6 Å². The van der Waals surface area contributed by atoms with E-state index >= 15 is 0 Å². The predicted octanol–water partition coefficient (Wildman–Crippen LogP) is 9.99. The summed E-state index contributed by atoms with van der Waals surface area (Å²) in [6.07, 6.45) is 10.3. The number of nitrogens with one attached hydrogen (secondary N) is 5. The molecular weight excluding hydrogens is 1730 g/mol. The molecule has 3 fully saturated rings. The number of aryl methyl sites for hydroxylation is 1. The van der Waals surface area contributed by atoms with Crippen molar-refractivity contribution in [1.29, 1.82) is 0 Å². The number of aromatic amines is 1. The van der Waals surface area contributed by atoms with Gasteiger partial charge in [0, 0.05) is 125 Å². The maximum atomic E-state index is 14.8. The number of allylic oxidation sites excluding steroid dienone is 6. The summed E-state index contributed by atoms with van der Waals surface area (Å²) in [5.74, 6) is -13.2. The summed E-state index contributed by atoms with van der Waals surface area (Å²) in [7, 11) is 7.20. The Balaban J connectivity index is 0.910. The molecule has 1 aliphatic carbocycles. The number of rotatable bonds is 39. The van der Waals surface area contributed by atoms with Gasteiger partial charge in [0.15, 0.2) is 41.0 Å². The summed E-state index contributed by atoms with van der Waals surface area (Å²) >= 11 is 0. The topological polar surface area (TPSA) is 505 Å². The van der Waals surface area contributed by atoms with Crippen LogP contribution in [0.2, 0.25) is 0 Å². The fourth-order valence-corrected chi connectivity index (χ4v) is 18.9. The van der Waals surface area contributed by atoms with Gasteiger partial charge < -0.3 is 91.1 Å². The molecule has 724 valence electrons. The van der Waals surface area contributed by atoms with Crippen molar-refractivity contribution in [2.24, 2.45) is 63.8 Å². The number of ether oxygens (including phenoxy) is 7. The van der Waals surface area contributed by atoms with Crippen LogP contribution in [-0.2, 0) is 87.6 Å². The first kappa shape index (κ1) is 109. The summed E-state index contributed by atoms with van der Waals surface area (Å²) < 4.78 is 41.7. The number of hydrogen-bond acceptors (Lipinski definition) is 29. The van der Waals surface area contributed by atoms with Gasteiger partial charge in [-0.15, -0.1) is 0 Å². The lowest BCUT2D eigenvalue weighted by Gasteiger charge is -2.42. The van der Waals surface area contributed by atoms with E-state index in [0.29, 0.717) is 99.0 Å². The SMILES string of the molecule is CO[C@H]1C[C@@H]2CC[C@@H](C)[C@@](O)(O2)C(=O)C(=O)N2CCCC[C@H]2C(=O)O[C@H]([C@H](C)C[C@@H]2CC[C@@H](O)[C@H](OC)C2)CC(=O)[C@H](C)/C=C(\C)[C@@H](OC(=O)OCCSSCCCC(=O)[C@H](C)NC(=O)[C@H](C)CC(=O)[C@H](CCCN=C(N)N)NC[C@H](C)CC(=O)CC[C@H](NC(=O)c2ccc(NCc3cnc4cc(C)[nH]c(=O)c4n3)cc2)C(=O)O)[C@@H](OC)C(=O)[C@H](C)C[C@H](C)/C=C/C=C/C=C/1C. The van der Waals surface area contributed by atoms with Gasteiger partial charge in [-0.05, 0) is 189 Å². The molecule has 131 heavy (non-hydrogen) atoms. The van der Waals surface area contributed by atoms with Crippen LogP contribution in [0.15, 0.2) is 93.9 Å². The molecule has 0 spiro atoms. The van der Waals surface area contributed by atoms with Crippen LogP contribution >= 0.6 is 21.6 Å². The fourth-order valence-electron chi connectivity index (χ4n) is 17.0. The van der Waals surface area contributed by atoms with Crippen LogP contribution in [0.25, 0.3) is 11.0 Å². The Hall–Kier alpha value is -9.40. The van der Waals surface area contributed by atoms with Crippen molar-refractivity contribution < 1.29 is 106 Å². The molecule has 2 aromatic heterocycles. The Bertz CT molecular complexity index is 4600. The zero-order valence-electron chi connectivity index (χ0n) is 78.3. The number of nitrogens with zero attached hydrogens (tertiary/aromatic N) is 4. The number of aliphatic carboxylic acids is 1. The third-order valence-electron chi connectivity index (χ3n) is 24.9. The normalized spacial score (nSPS) is 26.9. The number of carbonyl (C=O) groups excluding carboxylic acids is 11. The Kier molecular flexibility index (Phi) is 44.8. The molecule has 1 saturated carbocycles. The maximum absolute atomic E-state index is 14.8. The van der Waals surface area contributed by atoms with Crippen molar-refractivity contribution in [1.82, 2.24) is 35.8 Å². The number of H-pyrrole nitrogens is 1. The zero-order valence-corrected chi connectivity index (χ0v) is 79.9. The van der Waals surface area contributed by atoms with E-state index < -0.39 is 144 Å². The van der Waals surface area contributed by atoms with Crippen molar-refractivity contribution in [2.75, 3.05) is 64.4 Å². The molecule has 12 N–H and O–H groups in total. The molecule has 3 aliphatic heterocycles. The number of ketones is 6. The molecule has 3 aromatic rings. The van der Waals surface area contributed by atoms with Crippen molar-refractivity contribution >= 4 is 115 Å². The summed E-state index contributed by atoms with van der Waals surface area (Å²) in [4.78, 5) is 196. The minimum atomic E-state index is -2.51. The predicted molar refractivity (Wildman–Crippen MR) is 498 cm³/mol. The van der Waals surface area contributed by atoms with E-state index in [2.05, 4.69) is 41.2 Å². The van der Waals surface area contributed by atoms with E-state index in [0.717, 1.165) is 10.5 Å². The summed E-state index contributed by atoms with van der Waals surface area (Å²) in [5, 5.41) is 44.6. The highest BCUT2D eigenvalue weighted by atomic mass is 33.1. The van der Waals surface area contributed by atoms with Crippen LogP contribution in [0.1, 0.15) is 219 Å². The summed E-state index contributed by atoms with van der Waals surface area (Å²) in [6, 6.07) is 3.72. The number of esters is 1. The van der Waals surface area contributed by atoms with Gasteiger partial charge in [-0.2, -0.15) is 0 Å². The molecule has 34 nitrogen and oxygen atoms in total. The van der Waals surface area contributed by atoms with Crippen LogP contribution in [0.3, 0.4) is 0 Å². The molecule has 0 unspecified atom stereocenters. The number of fused-ring (bicyclic) bond motifs is 4. The lowest BCUT2D eigenvalue weighted by atomic mass is 9.78. The highest BCUT2D eigenvalue weighted by Crippen LogP contribution is 2.39. The number of piperidine rings is 1. The van der Waals surface area contributed by atoms with Gasteiger partial charge in [-0.1, -0.05) is 107 Å². The average Bonchev–Trinajstić information content (AvgIpc) is 0.772. The van der Waals surface area contributed by atoms with Crippen LogP contribution in [0.4, 0.5) is 10.5 Å². The van der Waals surface area contributed by atoms with Gasteiger partial charge in [0.2, 0.25) is 11.7 Å². The fraction of sp³-hybridized carbons (Fsp3) is 0.642. The van der Waals surface area contributed by atoms with Gasteiger partial charge in [0.25, 0.3) is 23.2 Å². The number of aliphatic hydroxyl groups is 2. The molecule has 4 aliphatic rings. The molecule has 5 heterocycles. The number of carbonyl (C=O) groups is 12. The Morgan fingerprint density at radius 2 is 1.53 bits per heavy atom. The smallest absolute Gasteiger partial charge is 0.480 e. The lowest BCUT2D eigenvalue weighted by Crippen LogP contribution is -2.61. The highest BCUT2D eigenvalue weighted by molar-refractivity contribution is 8.76. The number of hydrogen-bond donors (Lipinski definition) is 10. The number of methoxy groups -OCH3 is 3. The molecule has 1 aromatic carbocycles. The Morgan fingerprint density at radius 3 is 2.23 bits per heavy atom. The maximum Gasteiger partial charge on any atom is 0.509 e. The number of carboxylic acid groups (broad SMARTS) is 1. The number of pyridine rings is 1. The number of carboxylic acids is 1. The Morgan fingerprint density at radius 1 is 0.794 bits per heavy atom. The number of benzene rings is 1. The molecule has 2 bridgehead atoms. The van der Waals surface area contributed by atoms with E-state index in [1.165, 1.54) is 47.9 Å². The lowest BCUT2D eigenvalue weighted by molar-refractivity contribution is -0.265. The minimum absolute atomic E-state index is 0.0104. The number of cyclic esters (lactones) is 1. The van der Waals surface area contributed by atoms with Crippen LogP contribution in [0.5, 0.6) is 0 Å². The minimum Gasteiger partial charge on any atom is -0.480 e. The second-order valence-corrected chi connectivity index (χ2v) is 38.5. The van der Waals surface area contributed by atoms with Crippen molar-refractivity contribution in [3.8, 4) is 0 Å². The van der Waals surface area contributed by atoms with Crippen molar-refractivity contribution in [3.63, 3.8) is 0 Å². The first-order valence-corrected chi connectivity index (χ1v) is 48.2. The van der Waals surface area contributed by atoms with Gasteiger partial charge >= 0.3 is 18.1 Å². The zero-order chi connectivity index (χ0) is 96.3. The number of aliphatic hydroxyl groups excluding tert-OH is 1. The van der Waals surface area contributed by atoms with E-state index in [1.54, 1.807) is 93.0 Å². The number of aliphatic imine (C=N–C) groups is 1. The van der Waals surface area contributed by atoms with E-state index in [-0.39, 0.29) is 171 Å². The quantitative estimate of drug-likeness (QED) is 0.00482. The van der Waals surface area contributed by atoms with E-state index in [1.807, 2.05) is 51.2 Å². The first-order chi connectivity index (χ1) is 62.2. The van der Waals surface area contributed by atoms with Crippen LogP contribution in [-0.4, -0.2) is 243 Å². The third kappa shape index (κ3) is 34.2. The molecular formula is C95H139N11O23S2. The molecule has 7 rings (SSSR count). The summed E-state index contributed by atoms with van der Waals surface area (Å²) in [5.41, 5.74) is 14.5.